The molecule has 1 aromatic carbocycles. The van der Waals surface area contributed by atoms with Gasteiger partial charge in [-0.3, -0.25) is 4.79 Å². The Labute approximate surface area is 148 Å². The molecule has 0 N–H and O–H groups in total. The summed E-state index contributed by atoms with van der Waals surface area (Å²) in [6.07, 6.45) is -3.42. The van der Waals surface area contributed by atoms with Gasteiger partial charge in [-0.25, -0.2) is 9.97 Å². The van der Waals surface area contributed by atoms with E-state index in [-0.39, 0.29) is 11.9 Å². The third-order valence-corrected chi connectivity index (χ3v) is 4.10. The summed E-state index contributed by atoms with van der Waals surface area (Å²) >= 11 is 0. The normalized spacial score (nSPS) is 15.1. The summed E-state index contributed by atoms with van der Waals surface area (Å²) in [4.78, 5) is 23.4. The van der Waals surface area contributed by atoms with Crippen LogP contribution in [-0.2, 0) is 6.18 Å². The van der Waals surface area contributed by atoms with E-state index in [1.807, 2.05) is 0 Å². The molecule has 1 aliphatic heterocycles. The number of ether oxygens (including phenoxy) is 1. The number of carbonyl (C=O) groups is 1. The monoisotopic (exact) mass is 366 g/mol. The highest BCUT2D eigenvalue weighted by molar-refractivity contribution is 5.94. The van der Waals surface area contributed by atoms with Crippen LogP contribution >= 0.6 is 0 Å². The van der Waals surface area contributed by atoms with Gasteiger partial charge < -0.3 is 14.5 Å². The largest absolute Gasteiger partial charge is 0.497 e. The number of benzene rings is 1. The fourth-order valence-corrected chi connectivity index (χ4v) is 2.71. The second-order valence-electron chi connectivity index (χ2n) is 5.75. The fraction of sp³-hybridized carbons (Fsp3) is 0.353. The van der Waals surface area contributed by atoms with E-state index in [2.05, 4.69) is 9.97 Å². The SMILES string of the molecule is COc1cccc(C(=O)N2CCN(c3nccc(C(F)(F)F)n3)CC2)c1. The van der Waals surface area contributed by atoms with Gasteiger partial charge in [-0.1, -0.05) is 6.07 Å². The van der Waals surface area contributed by atoms with Crippen LogP contribution in [0.1, 0.15) is 16.1 Å². The van der Waals surface area contributed by atoms with Gasteiger partial charge in [0.2, 0.25) is 5.95 Å². The maximum Gasteiger partial charge on any atom is 0.433 e. The minimum Gasteiger partial charge on any atom is -0.497 e. The lowest BCUT2D eigenvalue weighted by atomic mass is 10.1. The summed E-state index contributed by atoms with van der Waals surface area (Å²) in [5.74, 6) is 0.466. The van der Waals surface area contributed by atoms with Crippen LogP contribution in [-0.4, -0.2) is 54.1 Å². The van der Waals surface area contributed by atoms with Crippen molar-refractivity contribution in [1.29, 1.82) is 0 Å². The zero-order valence-electron chi connectivity index (χ0n) is 14.0. The van der Waals surface area contributed by atoms with Crippen molar-refractivity contribution in [1.82, 2.24) is 14.9 Å². The van der Waals surface area contributed by atoms with Gasteiger partial charge in [-0.05, 0) is 24.3 Å². The maximum atomic E-state index is 12.8. The highest BCUT2D eigenvalue weighted by Gasteiger charge is 2.33. The van der Waals surface area contributed by atoms with Crippen molar-refractivity contribution in [2.24, 2.45) is 0 Å². The van der Waals surface area contributed by atoms with Crippen molar-refractivity contribution in [2.75, 3.05) is 38.2 Å². The molecule has 1 amide bonds. The van der Waals surface area contributed by atoms with Crippen LogP contribution < -0.4 is 9.64 Å². The molecule has 2 aromatic rings. The van der Waals surface area contributed by atoms with E-state index < -0.39 is 11.9 Å². The predicted molar refractivity (Wildman–Crippen MR) is 88.1 cm³/mol. The van der Waals surface area contributed by atoms with E-state index in [4.69, 9.17) is 4.74 Å². The minimum atomic E-state index is -4.51. The number of methoxy groups -OCH3 is 1. The van der Waals surface area contributed by atoms with Crippen molar-refractivity contribution in [3.63, 3.8) is 0 Å². The lowest BCUT2D eigenvalue weighted by Gasteiger charge is -2.34. The number of anilines is 1. The van der Waals surface area contributed by atoms with Crippen molar-refractivity contribution >= 4 is 11.9 Å². The van der Waals surface area contributed by atoms with E-state index in [1.165, 1.54) is 7.11 Å². The van der Waals surface area contributed by atoms with E-state index in [1.54, 1.807) is 34.1 Å². The molecule has 1 aliphatic rings. The fourth-order valence-electron chi connectivity index (χ4n) is 2.71. The number of nitrogens with zero attached hydrogens (tertiary/aromatic N) is 4. The van der Waals surface area contributed by atoms with Gasteiger partial charge in [0.1, 0.15) is 11.4 Å². The average molecular weight is 366 g/mol. The van der Waals surface area contributed by atoms with Crippen LogP contribution in [0.4, 0.5) is 19.1 Å². The minimum absolute atomic E-state index is 0.0216. The van der Waals surface area contributed by atoms with Crippen LogP contribution in [0.2, 0.25) is 0 Å². The van der Waals surface area contributed by atoms with Gasteiger partial charge in [0, 0.05) is 37.9 Å². The van der Waals surface area contributed by atoms with Gasteiger partial charge in [-0.2, -0.15) is 13.2 Å². The lowest BCUT2D eigenvalue weighted by Crippen LogP contribution is -2.49. The summed E-state index contributed by atoms with van der Waals surface area (Å²) in [5.41, 5.74) is -0.467. The van der Waals surface area contributed by atoms with Crippen LogP contribution in [0, 0.1) is 0 Å². The molecule has 0 unspecified atom stereocenters. The Kier molecular flexibility index (Phi) is 4.97. The number of amides is 1. The molecule has 0 radical (unpaired) electrons. The Bertz CT molecular complexity index is 790. The number of halogens is 3. The Morgan fingerprint density at radius 3 is 2.54 bits per heavy atom. The summed E-state index contributed by atoms with van der Waals surface area (Å²) in [6.45, 7) is 1.46. The molecule has 0 saturated carbocycles. The molecule has 0 atom stereocenters. The summed E-state index contributed by atoms with van der Waals surface area (Å²) in [5, 5.41) is 0. The highest BCUT2D eigenvalue weighted by atomic mass is 19.4. The number of hydrogen-bond donors (Lipinski definition) is 0. The second kappa shape index (κ2) is 7.19. The standard InChI is InChI=1S/C17H17F3N4O2/c1-26-13-4-2-3-12(11-13)15(25)23-7-9-24(10-8-23)16-21-6-5-14(22-16)17(18,19)20/h2-6,11H,7-10H2,1H3. The number of hydrogen-bond acceptors (Lipinski definition) is 5. The van der Waals surface area contributed by atoms with Gasteiger partial charge in [0.25, 0.3) is 5.91 Å². The van der Waals surface area contributed by atoms with Crippen LogP contribution in [0.15, 0.2) is 36.5 Å². The van der Waals surface area contributed by atoms with Crippen molar-refractivity contribution in [3.8, 4) is 5.75 Å². The maximum absolute atomic E-state index is 12.8. The molecule has 1 fully saturated rings. The molecule has 2 heterocycles. The first-order valence-electron chi connectivity index (χ1n) is 7.97. The van der Waals surface area contributed by atoms with Gasteiger partial charge in [0.05, 0.1) is 7.11 Å². The van der Waals surface area contributed by atoms with Crippen LogP contribution in [0.3, 0.4) is 0 Å². The van der Waals surface area contributed by atoms with Gasteiger partial charge >= 0.3 is 6.18 Å². The zero-order valence-corrected chi connectivity index (χ0v) is 14.0. The van der Waals surface area contributed by atoms with Gasteiger partial charge in [-0.15, -0.1) is 0 Å². The Balaban J connectivity index is 1.66. The van der Waals surface area contributed by atoms with Crippen molar-refractivity contribution in [3.05, 3.63) is 47.8 Å². The molecular formula is C17H17F3N4O2. The molecular weight excluding hydrogens is 349 g/mol. The van der Waals surface area contributed by atoms with Crippen LogP contribution in [0.25, 0.3) is 0 Å². The van der Waals surface area contributed by atoms with E-state index in [9.17, 15) is 18.0 Å². The second-order valence-corrected chi connectivity index (χ2v) is 5.75. The number of alkyl halides is 3. The quantitative estimate of drug-likeness (QED) is 0.835. The third-order valence-electron chi connectivity index (χ3n) is 4.10. The smallest absolute Gasteiger partial charge is 0.433 e. The highest BCUT2D eigenvalue weighted by Crippen LogP contribution is 2.28. The first-order chi connectivity index (χ1) is 12.4. The third kappa shape index (κ3) is 3.87. The van der Waals surface area contributed by atoms with E-state index in [0.29, 0.717) is 37.5 Å². The van der Waals surface area contributed by atoms with Crippen molar-refractivity contribution in [2.45, 2.75) is 6.18 Å². The molecule has 6 nitrogen and oxygen atoms in total. The summed E-state index contributed by atoms with van der Waals surface area (Å²) in [7, 11) is 1.53. The predicted octanol–water partition coefficient (Wildman–Crippen LogP) is 2.47. The molecule has 0 aliphatic carbocycles. The van der Waals surface area contributed by atoms with Crippen molar-refractivity contribution < 1.29 is 22.7 Å². The Morgan fingerprint density at radius 1 is 1.15 bits per heavy atom. The summed E-state index contributed by atoms with van der Waals surface area (Å²) in [6, 6.07) is 7.68. The molecule has 0 spiro atoms. The molecule has 26 heavy (non-hydrogen) atoms. The average Bonchev–Trinajstić information content (AvgIpc) is 2.67. The van der Waals surface area contributed by atoms with Crippen LogP contribution in [0.5, 0.6) is 5.75 Å². The van der Waals surface area contributed by atoms with Gasteiger partial charge in [0.15, 0.2) is 0 Å². The number of carbonyl (C=O) groups excluding carboxylic acids is 1. The Morgan fingerprint density at radius 2 is 1.88 bits per heavy atom. The first-order valence-corrected chi connectivity index (χ1v) is 7.97. The molecule has 3 rings (SSSR count). The van der Waals surface area contributed by atoms with E-state index >= 15 is 0 Å². The lowest BCUT2D eigenvalue weighted by molar-refractivity contribution is -0.141. The summed E-state index contributed by atoms with van der Waals surface area (Å²) < 4.78 is 43.5. The number of rotatable bonds is 3. The first kappa shape index (κ1) is 18.0. The Hall–Kier alpha value is -2.84. The number of piperazine rings is 1. The zero-order chi connectivity index (χ0) is 18.7. The molecule has 1 aromatic heterocycles. The number of aromatic nitrogens is 2. The molecule has 9 heteroatoms. The topological polar surface area (TPSA) is 58.6 Å². The molecule has 1 saturated heterocycles. The van der Waals surface area contributed by atoms with E-state index in [0.717, 1.165) is 12.3 Å². The molecule has 138 valence electrons. The molecule has 0 bridgehead atoms.